The van der Waals surface area contributed by atoms with Gasteiger partial charge in [0.2, 0.25) is 5.91 Å². The van der Waals surface area contributed by atoms with Crippen molar-refractivity contribution in [3.8, 4) is 11.1 Å². The van der Waals surface area contributed by atoms with Gasteiger partial charge in [0, 0.05) is 42.6 Å². The van der Waals surface area contributed by atoms with E-state index >= 15 is 0 Å². The van der Waals surface area contributed by atoms with Crippen LogP contribution < -0.4 is 10.6 Å². The van der Waals surface area contributed by atoms with E-state index in [9.17, 15) is 9.59 Å². The zero-order valence-corrected chi connectivity index (χ0v) is 31.7. The first-order valence-corrected chi connectivity index (χ1v) is 21.3. The predicted octanol–water partition coefficient (Wildman–Crippen LogP) is 9.15. The Balaban J connectivity index is 0.929. The maximum absolute atomic E-state index is 13.1. The van der Waals surface area contributed by atoms with Gasteiger partial charge in [-0.15, -0.1) is 0 Å². The number of piperidine rings is 1. The zero-order chi connectivity index (χ0) is 35.9. The third-order valence-electron chi connectivity index (χ3n) is 11.5. The van der Waals surface area contributed by atoms with Crippen LogP contribution in [0.5, 0.6) is 0 Å². The van der Waals surface area contributed by atoms with Crippen LogP contribution >= 0.6 is 0 Å². The first-order chi connectivity index (χ1) is 24.3. The van der Waals surface area contributed by atoms with Gasteiger partial charge in [0.15, 0.2) is 8.32 Å². The molecule has 0 saturated carbocycles. The number of nitrogens with zero attached hydrogens (tertiary/aromatic N) is 1. The Morgan fingerprint density at radius 3 is 2.27 bits per heavy atom. The Morgan fingerprint density at radius 1 is 0.863 bits per heavy atom. The highest BCUT2D eigenvalue weighted by molar-refractivity contribution is 6.74. The maximum atomic E-state index is 13.1. The molecule has 3 aliphatic rings. The first-order valence-electron chi connectivity index (χ1n) is 18.3. The fourth-order valence-corrected chi connectivity index (χ4v) is 8.38. The van der Waals surface area contributed by atoms with Gasteiger partial charge in [-0.2, -0.15) is 0 Å². The van der Waals surface area contributed by atoms with E-state index in [1.165, 1.54) is 0 Å². The number of carbonyl (C=O) groups is 2. The Hall–Kier alpha value is -4.02. The van der Waals surface area contributed by atoms with Crippen LogP contribution in [0.3, 0.4) is 0 Å². The number of likely N-dealkylation sites (N-methyl/N-ethyl adjacent to an activating group) is 1. The number of rotatable bonds is 11. The quantitative estimate of drug-likeness (QED) is 0.120. The molecule has 3 heterocycles. The van der Waals surface area contributed by atoms with Crippen molar-refractivity contribution < 1.29 is 23.5 Å². The maximum Gasteiger partial charge on any atom is 0.411 e. The van der Waals surface area contributed by atoms with Crippen LogP contribution in [-0.4, -0.2) is 62.7 Å². The van der Waals surface area contributed by atoms with Gasteiger partial charge in [-0.3, -0.25) is 15.0 Å². The Morgan fingerprint density at radius 2 is 1.55 bits per heavy atom. The van der Waals surface area contributed by atoms with Crippen molar-refractivity contribution in [3.05, 3.63) is 96.1 Å². The molecular formula is C42H51N3O5Si. The molecule has 7 rings (SSSR count). The molecule has 9 heteroatoms. The molecule has 2 bridgehead atoms. The molecule has 5 atom stereocenters. The molecule has 51 heavy (non-hydrogen) atoms. The number of hydrogen-bond acceptors (Lipinski definition) is 6. The van der Waals surface area contributed by atoms with Gasteiger partial charge in [-0.1, -0.05) is 75.4 Å². The average Bonchev–Trinajstić information content (AvgIpc) is 3.86. The molecule has 2 amide bonds. The molecule has 0 spiro atoms. The molecule has 4 aromatic carbocycles. The van der Waals surface area contributed by atoms with Crippen molar-refractivity contribution in [1.82, 2.24) is 4.90 Å². The molecule has 268 valence electrons. The molecular weight excluding hydrogens is 655 g/mol. The van der Waals surface area contributed by atoms with Gasteiger partial charge >= 0.3 is 6.09 Å². The van der Waals surface area contributed by atoms with E-state index in [1.807, 2.05) is 54.6 Å². The summed E-state index contributed by atoms with van der Waals surface area (Å²) in [6, 6.07) is 29.2. The summed E-state index contributed by atoms with van der Waals surface area (Å²) in [4.78, 5) is 28.5. The number of benzene rings is 4. The monoisotopic (exact) mass is 705 g/mol. The first kappa shape index (κ1) is 35.4. The SMILES string of the molecule is CN1[C@@H]2CC(OC(=O)Nc3ccc(CCCC(=O)Nc4ccc5cc(CO[Si](C)(C)C(C)(C)C)ccc5c4)cc3-c3ccccc3)C[C@H]1[C@@H]1O[C@@H]12. The molecule has 0 aromatic heterocycles. The summed E-state index contributed by atoms with van der Waals surface area (Å²) in [5.74, 6) is -0.00994. The van der Waals surface area contributed by atoms with E-state index in [2.05, 4.69) is 86.8 Å². The van der Waals surface area contributed by atoms with E-state index in [4.69, 9.17) is 13.9 Å². The van der Waals surface area contributed by atoms with Gasteiger partial charge in [0.1, 0.15) is 18.3 Å². The summed E-state index contributed by atoms with van der Waals surface area (Å²) in [5, 5.41) is 8.50. The van der Waals surface area contributed by atoms with Crippen LogP contribution in [0.4, 0.5) is 16.2 Å². The van der Waals surface area contributed by atoms with Crippen molar-refractivity contribution in [2.45, 2.75) is 108 Å². The summed E-state index contributed by atoms with van der Waals surface area (Å²) >= 11 is 0. The molecule has 8 nitrogen and oxygen atoms in total. The molecule has 1 unspecified atom stereocenters. The van der Waals surface area contributed by atoms with Crippen LogP contribution in [0.15, 0.2) is 84.9 Å². The number of hydrogen-bond donors (Lipinski definition) is 2. The van der Waals surface area contributed by atoms with Crippen molar-refractivity contribution in [2.24, 2.45) is 0 Å². The third-order valence-corrected chi connectivity index (χ3v) is 16.0. The predicted molar refractivity (Wildman–Crippen MR) is 207 cm³/mol. The van der Waals surface area contributed by atoms with Crippen LogP contribution in [0, 0.1) is 0 Å². The highest BCUT2D eigenvalue weighted by Gasteiger charge is 2.62. The minimum Gasteiger partial charge on any atom is -0.446 e. The lowest BCUT2D eigenvalue weighted by molar-refractivity contribution is -0.116. The summed E-state index contributed by atoms with van der Waals surface area (Å²) < 4.78 is 18.2. The number of morpholine rings is 1. The minimum atomic E-state index is -1.83. The Labute approximate surface area is 303 Å². The summed E-state index contributed by atoms with van der Waals surface area (Å²) in [6.45, 7) is 11.9. The number of carbonyl (C=O) groups excluding carboxylic acids is 2. The van der Waals surface area contributed by atoms with Gasteiger partial charge in [-0.05, 0) is 95.8 Å². The third kappa shape index (κ3) is 7.92. The Kier molecular flexibility index (Phi) is 9.84. The van der Waals surface area contributed by atoms with Crippen LogP contribution in [0.2, 0.25) is 18.1 Å². The fraction of sp³-hybridized carbons (Fsp3) is 0.429. The van der Waals surface area contributed by atoms with E-state index in [0.717, 1.165) is 58.0 Å². The van der Waals surface area contributed by atoms with Crippen LogP contribution in [0.1, 0.15) is 57.6 Å². The average molecular weight is 706 g/mol. The summed E-state index contributed by atoms with van der Waals surface area (Å²) in [5.41, 5.74) is 5.71. The minimum absolute atomic E-state index is 0.00994. The second kappa shape index (κ2) is 14.2. The zero-order valence-electron chi connectivity index (χ0n) is 30.7. The number of aryl methyl sites for hydroxylation is 1. The fourth-order valence-electron chi connectivity index (χ4n) is 7.42. The standard InChI is InChI=1S/C42H51N3O5Si/c1-42(2,3)51(5,6)48-26-28-15-17-31-23-32(19-18-30(31)21-28)43-38(46)14-10-11-27-16-20-35(34(22-27)29-12-8-7-9-13-29)44-41(47)49-33-24-36-39-40(50-39)37(25-33)45(36)4/h7-9,12-13,15-23,33,36-37,39-40H,10-11,14,24-26H2,1-6H3,(H,43,46)(H,44,47)/t33?,36-,37+,39-,40+. The second-order valence-electron chi connectivity index (χ2n) is 16.1. The van der Waals surface area contributed by atoms with Crippen molar-refractivity contribution >= 4 is 42.5 Å². The normalized spacial score (nSPS) is 22.7. The van der Waals surface area contributed by atoms with E-state index < -0.39 is 14.4 Å². The topological polar surface area (TPSA) is 92.4 Å². The molecule has 0 aliphatic carbocycles. The molecule has 4 aromatic rings. The van der Waals surface area contributed by atoms with Gasteiger partial charge < -0.3 is 19.2 Å². The highest BCUT2D eigenvalue weighted by atomic mass is 28.4. The van der Waals surface area contributed by atoms with Crippen LogP contribution in [0.25, 0.3) is 21.9 Å². The van der Waals surface area contributed by atoms with E-state index in [1.54, 1.807) is 0 Å². The lowest BCUT2D eigenvalue weighted by Gasteiger charge is -2.37. The largest absolute Gasteiger partial charge is 0.446 e. The van der Waals surface area contributed by atoms with Crippen molar-refractivity contribution in [1.29, 1.82) is 0 Å². The molecule has 0 radical (unpaired) electrons. The second-order valence-corrected chi connectivity index (χ2v) is 20.9. The lowest BCUT2D eigenvalue weighted by Crippen LogP contribution is -2.48. The highest BCUT2D eigenvalue weighted by Crippen LogP contribution is 2.48. The van der Waals surface area contributed by atoms with Crippen molar-refractivity contribution in [3.63, 3.8) is 0 Å². The smallest absolute Gasteiger partial charge is 0.411 e. The number of fused-ring (bicyclic) bond motifs is 6. The number of amides is 2. The molecule has 3 aliphatic heterocycles. The van der Waals surface area contributed by atoms with E-state index in [-0.39, 0.29) is 17.0 Å². The van der Waals surface area contributed by atoms with Gasteiger partial charge in [0.05, 0.1) is 12.3 Å². The number of ether oxygens (including phenoxy) is 2. The molecule has 3 fully saturated rings. The molecule has 3 saturated heterocycles. The summed E-state index contributed by atoms with van der Waals surface area (Å²) in [6.07, 6.45) is 3.49. The number of epoxide rings is 1. The molecule has 2 N–H and O–H groups in total. The van der Waals surface area contributed by atoms with Gasteiger partial charge in [0.25, 0.3) is 0 Å². The summed E-state index contributed by atoms with van der Waals surface area (Å²) in [7, 11) is 0.322. The van der Waals surface area contributed by atoms with Gasteiger partial charge in [-0.25, -0.2) is 4.79 Å². The van der Waals surface area contributed by atoms with Crippen LogP contribution in [-0.2, 0) is 31.7 Å². The number of anilines is 2. The number of nitrogens with one attached hydrogen (secondary N) is 2. The van der Waals surface area contributed by atoms with Crippen molar-refractivity contribution in [2.75, 3.05) is 17.7 Å². The lowest BCUT2D eigenvalue weighted by atomic mass is 9.98. The Bertz CT molecular complexity index is 1890. The van der Waals surface area contributed by atoms with E-state index in [0.29, 0.717) is 49.4 Å².